The molecule has 3 rings (SSSR count). The van der Waals surface area contributed by atoms with Gasteiger partial charge in [-0.2, -0.15) is 9.29 Å². The van der Waals surface area contributed by atoms with Gasteiger partial charge in [-0.1, -0.05) is 17.6 Å². The summed E-state index contributed by atoms with van der Waals surface area (Å²) in [6.07, 6.45) is 3.99. The summed E-state index contributed by atoms with van der Waals surface area (Å²) in [5.41, 5.74) is 0.333. The van der Waals surface area contributed by atoms with E-state index in [2.05, 4.69) is 15.5 Å². The minimum Gasteiger partial charge on any atom is -0.352 e. The summed E-state index contributed by atoms with van der Waals surface area (Å²) in [6.45, 7) is 4.63. The fourth-order valence-corrected chi connectivity index (χ4v) is 5.09. The van der Waals surface area contributed by atoms with E-state index >= 15 is 0 Å². The quantitative estimate of drug-likeness (QED) is 0.708. The van der Waals surface area contributed by atoms with Gasteiger partial charge in [-0.15, -0.1) is 0 Å². The van der Waals surface area contributed by atoms with Gasteiger partial charge < -0.3 is 9.84 Å². The molecule has 1 N–H and O–H groups in total. The first-order chi connectivity index (χ1) is 13.4. The topological polar surface area (TPSA) is 105 Å². The van der Waals surface area contributed by atoms with Gasteiger partial charge in [0.05, 0.1) is 4.90 Å². The van der Waals surface area contributed by atoms with Crippen molar-refractivity contribution in [3.05, 3.63) is 41.5 Å². The molecule has 2 heterocycles. The van der Waals surface area contributed by atoms with E-state index in [-0.39, 0.29) is 16.8 Å². The van der Waals surface area contributed by atoms with Crippen molar-refractivity contribution < 1.29 is 17.7 Å². The third-order valence-corrected chi connectivity index (χ3v) is 6.88. The van der Waals surface area contributed by atoms with Gasteiger partial charge in [0.1, 0.15) is 0 Å². The SMILES string of the molecule is Cc1noc(CCCNC(=O)c2cccc(S(=O)(=O)N3CCCCC3C)c2)n1. The highest BCUT2D eigenvalue weighted by molar-refractivity contribution is 7.89. The second-order valence-electron chi connectivity index (χ2n) is 7.08. The molecule has 1 fully saturated rings. The first-order valence-corrected chi connectivity index (χ1v) is 11.0. The molecule has 152 valence electrons. The molecule has 1 aromatic heterocycles. The fourth-order valence-electron chi connectivity index (χ4n) is 3.35. The van der Waals surface area contributed by atoms with Crippen LogP contribution in [0.15, 0.2) is 33.7 Å². The van der Waals surface area contributed by atoms with Crippen molar-refractivity contribution in [1.82, 2.24) is 19.8 Å². The predicted octanol–water partition coefficient (Wildman–Crippen LogP) is 2.30. The van der Waals surface area contributed by atoms with Crippen molar-refractivity contribution >= 4 is 15.9 Å². The van der Waals surface area contributed by atoms with E-state index in [1.165, 1.54) is 6.07 Å². The molecule has 0 bridgehead atoms. The normalized spacial score (nSPS) is 18.1. The van der Waals surface area contributed by atoms with E-state index < -0.39 is 10.0 Å². The number of nitrogens with zero attached hydrogens (tertiary/aromatic N) is 3. The largest absolute Gasteiger partial charge is 0.352 e. The minimum absolute atomic E-state index is 0.0235. The molecule has 1 aliphatic rings. The van der Waals surface area contributed by atoms with Crippen molar-refractivity contribution in [2.75, 3.05) is 13.1 Å². The van der Waals surface area contributed by atoms with Crippen molar-refractivity contribution in [2.45, 2.75) is 56.9 Å². The van der Waals surface area contributed by atoms with Gasteiger partial charge >= 0.3 is 0 Å². The van der Waals surface area contributed by atoms with E-state index in [1.54, 1.807) is 29.4 Å². The summed E-state index contributed by atoms with van der Waals surface area (Å²) in [5, 5.41) is 6.53. The molecule has 1 aromatic carbocycles. The number of carbonyl (C=O) groups excluding carboxylic acids is 1. The number of hydrogen-bond acceptors (Lipinski definition) is 6. The van der Waals surface area contributed by atoms with Gasteiger partial charge in [0.15, 0.2) is 5.82 Å². The Kier molecular flexibility index (Phi) is 6.46. The van der Waals surface area contributed by atoms with Crippen LogP contribution in [-0.4, -0.2) is 47.9 Å². The van der Waals surface area contributed by atoms with Crippen LogP contribution in [0.2, 0.25) is 0 Å². The zero-order chi connectivity index (χ0) is 20.1. The van der Waals surface area contributed by atoms with Gasteiger partial charge in [0.25, 0.3) is 5.91 Å². The van der Waals surface area contributed by atoms with Gasteiger partial charge in [-0.25, -0.2) is 8.42 Å². The Labute approximate surface area is 165 Å². The average Bonchev–Trinajstić information content (AvgIpc) is 3.10. The second-order valence-corrected chi connectivity index (χ2v) is 8.97. The van der Waals surface area contributed by atoms with E-state index in [9.17, 15) is 13.2 Å². The molecule has 1 unspecified atom stereocenters. The first-order valence-electron chi connectivity index (χ1n) is 9.57. The van der Waals surface area contributed by atoms with Crippen molar-refractivity contribution in [2.24, 2.45) is 0 Å². The van der Waals surface area contributed by atoms with E-state index in [1.807, 2.05) is 6.92 Å². The van der Waals surface area contributed by atoms with Gasteiger partial charge in [0.2, 0.25) is 15.9 Å². The monoisotopic (exact) mass is 406 g/mol. The maximum absolute atomic E-state index is 13.0. The smallest absolute Gasteiger partial charge is 0.251 e. The number of carbonyl (C=O) groups is 1. The lowest BCUT2D eigenvalue weighted by Gasteiger charge is -2.32. The molecule has 2 aromatic rings. The Morgan fingerprint density at radius 3 is 2.89 bits per heavy atom. The molecule has 8 nitrogen and oxygen atoms in total. The summed E-state index contributed by atoms with van der Waals surface area (Å²) in [4.78, 5) is 16.7. The molecular formula is C19H26N4O4S. The van der Waals surface area contributed by atoms with E-state index in [0.717, 1.165) is 19.3 Å². The Morgan fingerprint density at radius 2 is 2.18 bits per heavy atom. The Morgan fingerprint density at radius 1 is 1.36 bits per heavy atom. The zero-order valence-corrected chi connectivity index (χ0v) is 17.0. The van der Waals surface area contributed by atoms with Crippen LogP contribution in [0.5, 0.6) is 0 Å². The van der Waals surface area contributed by atoms with Crippen LogP contribution in [-0.2, 0) is 16.4 Å². The predicted molar refractivity (Wildman–Crippen MR) is 103 cm³/mol. The maximum atomic E-state index is 13.0. The fraction of sp³-hybridized carbons (Fsp3) is 0.526. The Balaban J connectivity index is 1.61. The van der Waals surface area contributed by atoms with E-state index in [4.69, 9.17) is 4.52 Å². The Bertz CT molecular complexity index is 926. The standard InChI is InChI=1S/C19H26N4O4S/c1-14-7-3-4-12-23(14)28(25,26)17-9-5-8-16(13-17)19(24)20-11-6-10-18-21-15(2)22-27-18/h5,8-9,13-14H,3-4,6-7,10-12H2,1-2H3,(H,20,24). The van der Waals surface area contributed by atoms with E-state index in [0.29, 0.717) is 43.2 Å². The average molecular weight is 407 g/mol. The number of hydrogen-bond donors (Lipinski definition) is 1. The summed E-state index contributed by atoms with van der Waals surface area (Å²) in [5.74, 6) is 0.820. The third-order valence-electron chi connectivity index (χ3n) is 4.87. The molecule has 0 saturated carbocycles. The van der Waals surface area contributed by atoms with Gasteiger partial charge in [0, 0.05) is 31.1 Å². The number of aromatic nitrogens is 2. The highest BCUT2D eigenvalue weighted by Crippen LogP contribution is 2.25. The lowest BCUT2D eigenvalue weighted by molar-refractivity contribution is 0.0952. The lowest BCUT2D eigenvalue weighted by Crippen LogP contribution is -2.42. The number of rotatable bonds is 7. The maximum Gasteiger partial charge on any atom is 0.251 e. The number of sulfonamides is 1. The first kappa shape index (κ1) is 20.5. The zero-order valence-electron chi connectivity index (χ0n) is 16.2. The number of aryl methyl sites for hydroxylation is 2. The Hall–Kier alpha value is -2.26. The van der Waals surface area contributed by atoms with Crippen LogP contribution in [0.1, 0.15) is 54.7 Å². The summed E-state index contributed by atoms with van der Waals surface area (Å²) in [7, 11) is -3.60. The van der Waals surface area contributed by atoms with Crippen molar-refractivity contribution in [1.29, 1.82) is 0 Å². The molecule has 0 spiro atoms. The molecule has 0 radical (unpaired) electrons. The molecule has 1 aliphatic heterocycles. The highest BCUT2D eigenvalue weighted by Gasteiger charge is 2.31. The van der Waals surface area contributed by atoms with Gasteiger partial charge in [-0.05, 0) is 51.3 Å². The summed E-state index contributed by atoms with van der Waals surface area (Å²) >= 11 is 0. The molecule has 28 heavy (non-hydrogen) atoms. The van der Waals surface area contributed by atoms with Crippen LogP contribution in [0.4, 0.5) is 0 Å². The molecule has 1 saturated heterocycles. The molecular weight excluding hydrogens is 380 g/mol. The van der Waals surface area contributed by atoms with Crippen molar-refractivity contribution in [3.63, 3.8) is 0 Å². The number of benzene rings is 1. The molecule has 9 heteroatoms. The van der Waals surface area contributed by atoms with Crippen LogP contribution in [0.25, 0.3) is 0 Å². The van der Waals surface area contributed by atoms with Crippen LogP contribution in [0.3, 0.4) is 0 Å². The van der Waals surface area contributed by atoms with Crippen LogP contribution >= 0.6 is 0 Å². The molecule has 0 aliphatic carbocycles. The highest BCUT2D eigenvalue weighted by atomic mass is 32.2. The molecule has 1 amide bonds. The number of piperidine rings is 1. The van der Waals surface area contributed by atoms with Crippen LogP contribution < -0.4 is 5.32 Å². The third kappa shape index (κ3) is 4.77. The van der Waals surface area contributed by atoms with Crippen molar-refractivity contribution in [3.8, 4) is 0 Å². The summed E-state index contributed by atoms with van der Waals surface area (Å²) in [6, 6.07) is 6.20. The number of amides is 1. The molecule has 1 atom stereocenters. The second kappa shape index (κ2) is 8.83. The summed E-state index contributed by atoms with van der Waals surface area (Å²) < 4.78 is 32.5. The van der Waals surface area contributed by atoms with Gasteiger partial charge in [-0.3, -0.25) is 4.79 Å². The lowest BCUT2D eigenvalue weighted by atomic mass is 10.1. The minimum atomic E-state index is -3.60. The van der Waals surface area contributed by atoms with Crippen LogP contribution in [0, 0.1) is 6.92 Å². The number of nitrogens with one attached hydrogen (secondary N) is 1.